The third-order valence-electron chi connectivity index (χ3n) is 4.05. The van der Waals surface area contributed by atoms with Crippen molar-refractivity contribution >= 4 is 17.4 Å². The molecule has 108 valence electrons. The Kier molecular flexibility index (Phi) is 4.90. The van der Waals surface area contributed by atoms with Gasteiger partial charge in [0.25, 0.3) is 5.91 Å². The van der Waals surface area contributed by atoms with E-state index in [0.717, 1.165) is 6.54 Å². The number of nitrogens with one attached hydrogen (secondary N) is 2. The van der Waals surface area contributed by atoms with Crippen molar-refractivity contribution in [3.05, 3.63) is 29.8 Å². The number of carbonyl (C=O) groups is 2. The van der Waals surface area contributed by atoms with Crippen molar-refractivity contribution in [2.45, 2.75) is 39.2 Å². The van der Waals surface area contributed by atoms with Gasteiger partial charge in [-0.2, -0.15) is 0 Å². The number of rotatable bonds is 4. The number of Topliss-reactive ketones (excluding diaryl/α,β-unsaturated/α-hetero) is 1. The standard InChI is InChI=1S/C16H22N2O2/c1-12-7-5-6-10-18(12)11-16(20)17-15-9-4-3-8-14(15)13(2)19/h3-4,8-9,12H,5-7,10-11H2,1-2H3,(H,17,20)/p+1/t12-/m1/s1. The van der Waals surface area contributed by atoms with Gasteiger partial charge in [0, 0.05) is 5.56 Å². The lowest BCUT2D eigenvalue weighted by atomic mass is 10.0. The molecule has 0 bridgehead atoms. The fourth-order valence-corrected chi connectivity index (χ4v) is 2.82. The highest BCUT2D eigenvalue weighted by molar-refractivity contribution is 6.03. The van der Waals surface area contributed by atoms with Crippen molar-refractivity contribution in [2.24, 2.45) is 0 Å². The number of quaternary nitrogens is 1. The van der Waals surface area contributed by atoms with Gasteiger partial charge < -0.3 is 10.2 Å². The Bertz CT molecular complexity index is 499. The highest BCUT2D eigenvalue weighted by Crippen LogP contribution is 2.15. The molecule has 1 aliphatic heterocycles. The molecule has 0 aromatic heterocycles. The smallest absolute Gasteiger partial charge is 0.279 e. The topological polar surface area (TPSA) is 50.6 Å². The lowest BCUT2D eigenvalue weighted by Crippen LogP contribution is -3.17. The number of para-hydroxylation sites is 1. The summed E-state index contributed by atoms with van der Waals surface area (Å²) in [5.74, 6) is -0.0398. The molecular formula is C16H23N2O2+. The van der Waals surface area contributed by atoms with Crippen LogP contribution in [0.1, 0.15) is 43.5 Å². The molecule has 2 atom stereocenters. The van der Waals surface area contributed by atoms with Gasteiger partial charge in [-0.15, -0.1) is 0 Å². The predicted octanol–water partition coefficient (Wildman–Crippen LogP) is 1.28. The van der Waals surface area contributed by atoms with Crippen molar-refractivity contribution in [3.63, 3.8) is 0 Å². The molecule has 1 amide bonds. The van der Waals surface area contributed by atoms with Crippen LogP contribution in [0.4, 0.5) is 5.69 Å². The first-order valence-corrected chi connectivity index (χ1v) is 7.32. The maximum atomic E-state index is 12.2. The maximum absolute atomic E-state index is 12.2. The molecule has 1 aromatic carbocycles. The van der Waals surface area contributed by atoms with E-state index in [-0.39, 0.29) is 11.7 Å². The highest BCUT2D eigenvalue weighted by Gasteiger charge is 2.24. The Morgan fingerprint density at radius 1 is 1.30 bits per heavy atom. The van der Waals surface area contributed by atoms with Crippen LogP contribution in [0.5, 0.6) is 0 Å². The van der Waals surface area contributed by atoms with Gasteiger partial charge in [-0.05, 0) is 45.2 Å². The normalized spacial score (nSPS) is 22.3. The molecule has 20 heavy (non-hydrogen) atoms. The van der Waals surface area contributed by atoms with E-state index >= 15 is 0 Å². The summed E-state index contributed by atoms with van der Waals surface area (Å²) in [4.78, 5) is 25.0. The fourth-order valence-electron chi connectivity index (χ4n) is 2.82. The van der Waals surface area contributed by atoms with Gasteiger partial charge in [0.2, 0.25) is 0 Å². The summed E-state index contributed by atoms with van der Waals surface area (Å²) in [7, 11) is 0. The van der Waals surface area contributed by atoms with Crippen LogP contribution in [-0.2, 0) is 4.79 Å². The second-order valence-electron chi connectivity index (χ2n) is 5.63. The molecule has 0 saturated carbocycles. The van der Waals surface area contributed by atoms with Crippen molar-refractivity contribution in [1.29, 1.82) is 0 Å². The van der Waals surface area contributed by atoms with Crippen LogP contribution in [0.15, 0.2) is 24.3 Å². The molecule has 1 heterocycles. The van der Waals surface area contributed by atoms with Gasteiger partial charge in [-0.3, -0.25) is 9.59 Å². The van der Waals surface area contributed by atoms with E-state index in [0.29, 0.717) is 23.8 Å². The number of anilines is 1. The predicted molar refractivity (Wildman–Crippen MR) is 79.1 cm³/mol. The average Bonchev–Trinajstić information content (AvgIpc) is 2.41. The van der Waals surface area contributed by atoms with Crippen LogP contribution in [0.2, 0.25) is 0 Å². The third-order valence-corrected chi connectivity index (χ3v) is 4.05. The van der Waals surface area contributed by atoms with E-state index < -0.39 is 0 Å². The molecule has 1 aliphatic rings. The SMILES string of the molecule is CC(=O)c1ccccc1NC(=O)C[NH+]1CCCC[C@H]1C. The van der Waals surface area contributed by atoms with Gasteiger partial charge in [0.05, 0.1) is 18.3 Å². The zero-order chi connectivity index (χ0) is 14.5. The van der Waals surface area contributed by atoms with Crippen molar-refractivity contribution < 1.29 is 14.5 Å². The van der Waals surface area contributed by atoms with Gasteiger partial charge >= 0.3 is 0 Å². The van der Waals surface area contributed by atoms with Crippen LogP contribution in [0.25, 0.3) is 0 Å². The summed E-state index contributed by atoms with van der Waals surface area (Å²) in [5.41, 5.74) is 1.19. The molecule has 0 spiro atoms. The number of amides is 1. The minimum Gasteiger partial charge on any atom is -0.325 e. The lowest BCUT2D eigenvalue weighted by Gasteiger charge is -2.29. The molecule has 4 heteroatoms. The Hall–Kier alpha value is -1.68. The zero-order valence-electron chi connectivity index (χ0n) is 12.2. The molecule has 1 fully saturated rings. The van der Waals surface area contributed by atoms with Gasteiger partial charge in [-0.25, -0.2) is 0 Å². The monoisotopic (exact) mass is 275 g/mol. The Labute approximate surface area is 120 Å². The molecule has 2 N–H and O–H groups in total. The van der Waals surface area contributed by atoms with Crippen LogP contribution in [0, 0.1) is 0 Å². The molecule has 2 rings (SSSR count). The van der Waals surface area contributed by atoms with Crippen LogP contribution in [-0.4, -0.2) is 30.8 Å². The summed E-state index contributed by atoms with van der Waals surface area (Å²) in [6.07, 6.45) is 3.64. The van der Waals surface area contributed by atoms with Gasteiger partial charge in [0.1, 0.15) is 0 Å². The average molecular weight is 275 g/mol. The number of carbonyl (C=O) groups excluding carboxylic acids is 2. The molecule has 1 unspecified atom stereocenters. The summed E-state index contributed by atoms with van der Waals surface area (Å²) in [6, 6.07) is 7.71. The van der Waals surface area contributed by atoms with E-state index in [1.54, 1.807) is 12.1 Å². The highest BCUT2D eigenvalue weighted by atomic mass is 16.2. The van der Waals surface area contributed by atoms with E-state index in [2.05, 4.69) is 12.2 Å². The Balaban J connectivity index is 1.99. The van der Waals surface area contributed by atoms with E-state index in [4.69, 9.17) is 0 Å². The summed E-state index contributed by atoms with van der Waals surface area (Å²) < 4.78 is 0. The molecule has 0 aliphatic carbocycles. The van der Waals surface area contributed by atoms with Crippen LogP contribution < -0.4 is 10.2 Å². The first-order valence-electron chi connectivity index (χ1n) is 7.32. The van der Waals surface area contributed by atoms with E-state index in [1.807, 2.05) is 12.1 Å². The summed E-state index contributed by atoms with van der Waals surface area (Å²) in [6.45, 7) is 5.25. The van der Waals surface area contributed by atoms with Crippen molar-refractivity contribution in [2.75, 3.05) is 18.4 Å². The Morgan fingerprint density at radius 3 is 2.75 bits per heavy atom. The quantitative estimate of drug-likeness (QED) is 0.813. The molecule has 0 radical (unpaired) electrons. The second kappa shape index (κ2) is 6.66. The van der Waals surface area contributed by atoms with E-state index in [1.165, 1.54) is 31.1 Å². The van der Waals surface area contributed by atoms with Crippen LogP contribution in [0.3, 0.4) is 0 Å². The number of hydrogen-bond acceptors (Lipinski definition) is 2. The number of likely N-dealkylation sites (tertiary alicyclic amines) is 1. The van der Waals surface area contributed by atoms with Crippen LogP contribution >= 0.6 is 0 Å². The number of ketones is 1. The fraction of sp³-hybridized carbons (Fsp3) is 0.500. The van der Waals surface area contributed by atoms with Gasteiger partial charge in [-0.1, -0.05) is 12.1 Å². The Morgan fingerprint density at radius 2 is 2.05 bits per heavy atom. The number of piperidine rings is 1. The zero-order valence-corrected chi connectivity index (χ0v) is 12.2. The minimum atomic E-state index is -0.0282. The largest absolute Gasteiger partial charge is 0.325 e. The number of benzene rings is 1. The third kappa shape index (κ3) is 3.67. The van der Waals surface area contributed by atoms with E-state index in [9.17, 15) is 9.59 Å². The van der Waals surface area contributed by atoms with Gasteiger partial charge in [0.15, 0.2) is 12.3 Å². The second-order valence-corrected chi connectivity index (χ2v) is 5.63. The van der Waals surface area contributed by atoms with Crippen molar-refractivity contribution in [3.8, 4) is 0 Å². The van der Waals surface area contributed by atoms with Crippen molar-refractivity contribution in [1.82, 2.24) is 0 Å². The first kappa shape index (κ1) is 14.7. The summed E-state index contributed by atoms with van der Waals surface area (Å²) in [5, 5.41) is 2.88. The molecule has 1 aromatic rings. The first-order chi connectivity index (χ1) is 9.58. The summed E-state index contributed by atoms with van der Waals surface area (Å²) >= 11 is 0. The number of hydrogen-bond donors (Lipinski definition) is 2. The lowest BCUT2D eigenvalue weighted by molar-refractivity contribution is -0.920. The molecular weight excluding hydrogens is 252 g/mol. The molecule has 1 saturated heterocycles. The minimum absolute atomic E-state index is 0.0116. The maximum Gasteiger partial charge on any atom is 0.279 e. The molecule has 4 nitrogen and oxygen atoms in total.